The number of para-hydroxylation sites is 2. The SMILES string of the molecule is O=C(CCn1c(=O)oc2ccccc21)N1CCN(C(=O)C2CCCC2)CC1. The number of oxazole rings is 1. The van der Waals surface area contributed by atoms with Gasteiger partial charge in [-0.2, -0.15) is 0 Å². The van der Waals surface area contributed by atoms with Crippen molar-refractivity contribution in [3.63, 3.8) is 0 Å². The van der Waals surface area contributed by atoms with Crippen molar-refractivity contribution in [3.05, 3.63) is 34.8 Å². The summed E-state index contributed by atoms with van der Waals surface area (Å²) in [4.78, 5) is 40.8. The topological polar surface area (TPSA) is 75.8 Å². The zero-order valence-corrected chi connectivity index (χ0v) is 15.4. The van der Waals surface area contributed by atoms with Crippen LogP contribution in [0.15, 0.2) is 33.5 Å². The average molecular weight is 371 g/mol. The van der Waals surface area contributed by atoms with Gasteiger partial charge in [0.1, 0.15) is 0 Å². The van der Waals surface area contributed by atoms with Gasteiger partial charge in [-0.15, -0.1) is 0 Å². The third-order valence-electron chi connectivity index (χ3n) is 5.77. The molecule has 0 atom stereocenters. The maximum Gasteiger partial charge on any atom is 0.419 e. The van der Waals surface area contributed by atoms with Crippen LogP contribution in [-0.4, -0.2) is 52.4 Å². The van der Waals surface area contributed by atoms with Crippen LogP contribution >= 0.6 is 0 Å². The molecule has 1 aromatic carbocycles. The van der Waals surface area contributed by atoms with Gasteiger partial charge < -0.3 is 14.2 Å². The first-order valence-electron chi connectivity index (χ1n) is 9.78. The van der Waals surface area contributed by atoms with Gasteiger partial charge in [0.05, 0.1) is 5.52 Å². The Labute approximate surface area is 157 Å². The second kappa shape index (κ2) is 7.58. The molecule has 4 rings (SSSR count). The van der Waals surface area contributed by atoms with Gasteiger partial charge in [0.15, 0.2) is 5.58 Å². The van der Waals surface area contributed by atoms with Crippen LogP contribution < -0.4 is 5.76 Å². The van der Waals surface area contributed by atoms with Gasteiger partial charge >= 0.3 is 5.76 Å². The van der Waals surface area contributed by atoms with E-state index in [0.29, 0.717) is 43.8 Å². The Morgan fingerprint density at radius 3 is 2.41 bits per heavy atom. The number of benzene rings is 1. The van der Waals surface area contributed by atoms with E-state index in [0.717, 1.165) is 25.7 Å². The molecule has 0 bridgehead atoms. The van der Waals surface area contributed by atoms with Crippen LogP contribution in [0, 0.1) is 5.92 Å². The van der Waals surface area contributed by atoms with Crippen LogP contribution in [0.5, 0.6) is 0 Å². The molecule has 7 nitrogen and oxygen atoms in total. The average Bonchev–Trinajstić information content (AvgIpc) is 3.33. The number of hydrogen-bond acceptors (Lipinski definition) is 4. The van der Waals surface area contributed by atoms with Crippen molar-refractivity contribution in [1.82, 2.24) is 14.4 Å². The zero-order chi connectivity index (χ0) is 18.8. The van der Waals surface area contributed by atoms with Gasteiger partial charge in [-0.25, -0.2) is 4.79 Å². The highest BCUT2D eigenvalue weighted by Crippen LogP contribution is 2.27. The second-order valence-corrected chi connectivity index (χ2v) is 7.42. The van der Waals surface area contributed by atoms with Crippen LogP contribution in [0.25, 0.3) is 11.1 Å². The zero-order valence-electron chi connectivity index (χ0n) is 15.4. The summed E-state index contributed by atoms with van der Waals surface area (Å²) in [7, 11) is 0. The number of aromatic nitrogens is 1. The van der Waals surface area contributed by atoms with E-state index in [1.807, 2.05) is 23.1 Å². The molecule has 0 spiro atoms. The number of carbonyl (C=O) groups is 2. The van der Waals surface area contributed by atoms with Gasteiger partial charge in [-0.05, 0) is 25.0 Å². The van der Waals surface area contributed by atoms with Crippen molar-refractivity contribution in [3.8, 4) is 0 Å². The third kappa shape index (κ3) is 3.63. The fourth-order valence-electron chi connectivity index (χ4n) is 4.20. The highest BCUT2D eigenvalue weighted by Gasteiger charge is 2.30. The largest absolute Gasteiger partial charge is 0.419 e. The van der Waals surface area contributed by atoms with E-state index in [1.54, 1.807) is 11.0 Å². The Morgan fingerprint density at radius 2 is 1.67 bits per heavy atom. The van der Waals surface area contributed by atoms with Crippen LogP contribution in [0.4, 0.5) is 0 Å². The van der Waals surface area contributed by atoms with E-state index in [-0.39, 0.29) is 24.2 Å². The van der Waals surface area contributed by atoms with Crippen molar-refractivity contribution < 1.29 is 14.0 Å². The summed E-state index contributed by atoms with van der Waals surface area (Å²) in [6.07, 6.45) is 4.56. The maximum atomic E-state index is 12.5. The van der Waals surface area contributed by atoms with Gasteiger partial charge in [0.2, 0.25) is 11.8 Å². The monoisotopic (exact) mass is 371 g/mol. The molecule has 2 aromatic rings. The molecule has 0 radical (unpaired) electrons. The van der Waals surface area contributed by atoms with Crippen LogP contribution in [0.2, 0.25) is 0 Å². The second-order valence-electron chi connectivity index (χ2n) is 7.42. The van der Waals surface area contributed by atoms with Crippen molar-refractivity contribution in [2.24, 2.45) is 5.92 Å². The molecule has 27 heavy (non-hydrogen) atoms. The van der Waals surface area contributed by atoms with Crippen LogP contribution in [-0.2, 0) is 16.1 Å². The molecule has 144 valence electrons. The molecule has 2 amide bonds. The third-order valence-corrected chi connectivity index (χ3v) is 5.77. The molecule has 0 N–H and O–H groups in total. The minimum Gasteiger partial charge on any atom is -0.408 e. The summed E-state index contributed by atoms with van der Waals surface area (Å²) in [5.41, 5.74) is 1.25. The van der Waals surface area contributed by atoms with E-state index in [2.05, 4.69) is 0 Å². The summed E-state index contributed by atoms with van der Waals surface area (Å²) in [6.45, 7) is 2.65. The van der Waals surface area contributed by atoms with Gasteiger partial charge in [-0.1, -0.05) is 25.0 Å². The number of piperazine rings is 1. The molecule has 1 saturated carbocycles. The number of amides is 2. The quantitative estimate of drug-likeness (QED) is 0.822. The number of hydrogen-bond donors (Lipinski definition) is 0. The number of aryl methyl sites for hydroxylation is 1. The van der Waals surface area contributed by atoms with E-state index < -0.39 is 5.76 Å². The van der Waals surface area contributed by atoms with Crippen molar-refractivity contribution in [2.75, 3.05) is 26.2 Å². The minimum absolute atomic E-state index is 0.0140. The van der Waals surface area contributed by atoms with Crippen molar-refractivity contribution in [2.45, 2.75) is 38.6 Å². The lowest BCUT2D eigenvalue weighted by atomic mass is 10.1. The van der Waals surface area contributed by atoms with E-state index in [9.17, 15) is 14.4 Å². The Morgan fingerprint density at radius 1 is 1.00 bits per heavy atom. The van der Waals surface area contributed by atoms with Crippen LogP contribution in [0.3, 0.4) is 0 Å². The summed E-state index contributed by atoms with van der Waals surface area (Å²) >= 11 is 0. The number of fused-ring (bicyclic) bond motifs is 1. The predicted octanol–water partition coefficient (Wildman–Crippen LogP) is 1.85. The lowest BCUT2D eigenvalue weighted by Gasteiger charge is -2.36. The predicted molar refractivity (Wildman–Crippen MR) is 100 cm³/mol. The molecule has 1 aliphatic heterocycles. The molecule has 2 fully saturated rings. The Hall–Kier alpha value is -2.57. The smallest absolute Gasteiger partial charge is 0.408 e. The van der Waals surface area contributed by atoms with Crippen molar-refractivity contribution >= 4 is 22.9 Å². The fourth-order valence-corrected chi connectivity index (χ4v) is 4.20. The Balaban J connectivity index is 1.31. The first-order valence-corrected chi connectivity index (χ1v) is 9.78. The lowest BCUT2D eigenvalue weighted by molar-refractivity contribution is -0.142. The molecule has 2 aliphatic rings. The van der Waals surface area contributed by atoms with E-state index in [1.165, 1.54) is 4.57 Å². The Bertz CT molecular complexity index is 886. The normalized spacial score (nSPS) is 18.4. The lowest BCUT2D eigenvalue weighted by Crippen LogP contribution is -2.51. The molecule has 2 heterocycles. The highest BCUT2D eigenvalue weighted by molar-refractivity contribution is 5.80. The minimum atomic E-state index is -0.434. The first kappa shape index (κ1) is 17.8. The standard InChI is InChI=1S/C20H25N3O4/c24-18(9-10-23-16-7-3-4-8-17(16)27-20(23)26)21-11-13-22(14-12-21)19(25)15-5-1-2-6-15/h3-4,7-8,15H,1-2,5-6,9-14H2. The fraction of sp³-hybridized carbons (Fsp3) is 0.550. The maximum absolute atomic E-state index is 12.5. The van der Waals surface area contributed by atoms with Crippen molar-refractivity contribution in [1.29, 1.82) is 0 Å². The number of nitrogens with zero attached hydrogens (tertiary/aromatic N) is 3. The number of carbonyl (C=O) groups excluding carboxylic acids is 2. The molecule has 0 unspecified atom stereocenters. The molecular formula is C20H25N3O4. The molecule has 7 heteroatoms. The summed E-state index contributed by atoms with van der Waals surface area (Å²) in [5.74, 6) is 0.0284. The van der Waals surface area contributed by atoms with E-state index in [4.69, 9.17) is 4.42 Å². The van der Waals surface area contributed by atoms with E-state index >= 15 is 0 Å². The number of rotatable bonds is 4. The molecule has 1 aliphatic carbocycles. The highest BCUT2D eigenvalue weighted by atomic mass is 16.4. The first-order chi connectivity index (χ1) is 13.1. The summed E-state index contributed by atoms with van der Waals surface area (Å²) in [5, 5.41) is 0. The van der Waals surface area contributed by atoms with Gasteiger partial charge in [-0.3, -0.25) is 14.2 Å². The Kier molecular flexibility index (Phi) is 5.01. The van der Waals surface area contributed by atoms with Gasteiger partial charge in [0.25, 0.3) is 0 Å². The molecular weight excluding hydrogens is 346 g/mol. The molecule has 1 saturated heterocycles. The van der Waals surface area contributed by atoms with Crippen LogP contribution in [0.1, 0.15) is 32.1 Å². The van der Waals surface area contributed by atoms with Gasteiger partial charge in [0, 0.05) is 45.1 Å². The summed E-state index contributed by atoms with van der Waals surface area (Å²) < 4.78 is 6.71. The molecule has 1 aromatic heterocycles. The summed E-state index contributed by atoms with van der Waals surface area (Å²) in [6, 6.07) is 7.22.